The average Bonchev–Trinajstić information content (AvgIpc) is 2.20. The molecule has 0 aromatic heterocycles. The van der Waals surface area contributed by atoms with Crippen molar-refractivity contribution in [2.24, 2.45) is 0 Å². The van der Waals surface area contributed by atoms with Gasteiger partial charge in [-0.05, 0) is 32.6 Å². The van der Waals surface area contributed by atoms with Gasteiger partial charge in [0.25, 0.3) is 0 Å². The maximum atomic E-state index is 9.29. The van der Waals surface area contributed by atoms with E-state index >= 15 is 0 Å². The Balaban J connectivity index is 2.21. The van der Waals surface area contributed by atoms with Gasteiger partial charge in [-0.25, -0.2) is 0 Å². The summed E-state index contributed by atoms with van der Waals surface area (Å²) in [5.74, 6) is 0. The molecule has 0 radical (unpaired) electrons. The van der Waals surface area contributed by atoms with Crippen LogP contribution < -0.4 is 0 Å². The molecular weight excluding hydrogens is 184 g/mol. The van der Waals surface area contributed by atoms with Gasteiger partial charge in [-0.2, -0.15) is 0 Å². The molecule has 4 nitrogen and oxygen atoms in total. The van der Waals surface area contributed by atoms with Gasteiger partial charge in [-0.1, -0.05) is 0 Å². The summed E-state index contributed by atoms with van der Waals surface area (Å²) in [5.41, 5.74) is 0. The van der Waals surface area contributed by atoms with Crippen LogP contribution in [0.2, 0.25) is 0 Å². The van der Waals surface area contributed by atoms with Crippen LogP contribution in [0.3, 0.4) is 0 Å². The molecule has 0 amide bonds. The van der Waals surface area contributed by atoms with E-state index in [1.807, 2.05) is 6.92 Å². The number of aliphatic hydroxyl groups excluding tert-OH is 2. The van der Waals surface area contributed by atoms with E-state index < -0.39 is 6.29 Å². The van der Waals surface area contributed by atoms with Crippen molar-refractivity contribution in [3.05, 3.63) is 0 Å². The van der Waals surface area contributed by atoms with Crippen LogP contribution in [-0.4, -0.2) is 41.9 Å². The van der Waals surface area contributed by atoms with E-state index in [0.717, 1.165) is 25.7 Å². The second-order valence-corrected chi connectivity index (χ2v) is 3.63. The first-order chi connectivity index (χ1) is 6.76. The van der Waals surface area contributed by atoms with Gasteiger partial charge in [0.2, 0.25) is 0 Å². The first-order valence-corrected chi connectivity index (χ1v) is 5.32. The lowest BCUT2D eigenvalue weighted by molar-refractivity contribution is -0.193. The molecule has 1 fully saturated rings. The van der Waals surface area contributed by atoms with E-state index in [4.69, 9.17) is 14.6 Å². The maximum Gasteiger partial charge on any atom is 0.180 e. The predicted octanol–water partition coefficient (Wildman–Crippen LogP) is 0.661. The van der Waals surface area contributed by atoms with Crippen LogP contribution in [0, 0.1) is 0 Å². The van der Waals surface area contributed by atoms with E-state index in [1.165, 1.54) is 0 Å². The Hall–Kier alpha value is -0.160. The van der Waals surface area contributed by atoms with Crippen molar-refractivity contribution < 1.29 is 19.7 Å². The minimum absolute atomic E-state index is 0.104. The Morgan fingerprint density at radius 3 is 2.43 bits per heavy atom. The van der Waals surface area contributed by atoms with Crippen LogP contribution in [0.15, 0.2) is 0 Å². The van der Waals surface area contributed by atoms with Gasteiger partial charge in [0, 0.05) is 6.61 Å². The standard InChI is InChI=1S/C10H20O4/c1-2-13-10(7-11)14-9-5-3-8(12)4-6-9/h8-12H,2-7H2,1H3. The SMILES string of the molecule is CCOC(CO)OC1CCC(O)CC1. The van der Waals surface area contributed by atoms with Crippen LogP contribution in [0.4, 0.5) is 0 Å². The molecule has 0 bridgehead atoms. The van der Waals surface area contributed by atoms with Gasteiger partial charge >= 0.3 is 0 Å². The van der Waals surface area contributed by atoms with Crippen LogP contribution >= 0.6 is 0 Å². The minimum Gasteiger partial charge on any atom is -0.393 e. The lowest BCUT2D eigenvalue weighted by atomic mass is 9.95. The molecule has 14 heavy (non-hydrogen) atoms. The van der Waals surface area contributed by atoms with Gasteiger partial charge in [-0.3, -0.25) is 0 Å². The number of rotatable bonds is 5. The van der Waals surface area contributed by atoms with Crippen LogP contribution in [0.1, 0.15) is 32.6 Å². The summed E-state index contributed by atoms with van der Waals surface area (Å²) in [6.45, 7) is 2.31. The lowest BCUT2D eigenvalue weighted by Crippen LogP contribution is -2.31. The first kappa shape index (κ1) is 11.9. The fraction of sp³-hybridized carbons (Fsp3) is 1.00. The van der Waals surface area contributed by atoms with Gasteiger partial charge in [-0.15, -0.1) is 0 Å². The Morgan fingerprint density at radius 1 is 1.29 bits per heavy atom. The Bertz CT molecular complexity index is 143. The first-order valence-electron chi connectivity index (χ1n) is 5.32. The van der Waals surface area contributed by atoms with Gasteiger partial charge < -0.3 is 19.7 Å². The molecule has 1 aliphatic rings. The lowest BCUT2D eigenvalue weighted by Gasteiger charge is -2.28. The molecule has 2 N–H and O–H groups in total. The zero-order valence-corrected chi connectivity index (χ0v) is 8.69. The summed E-state index contributed by atoms with van der Waals surface area (Å²) in [5, 5.41) is 18.2. The van der Waals surface area contributed by atoms with E-state index in [-0.39, 0.29) is 18.8 Å². The number of hydrogen-bond acceptors (Lipinski definition) is 4. The summed E-state index contributed by atoms with van der Waals surface area (Å²) in [7, 11) is 0. The molecule has 84 valence electrons. The van der Waals surface area contributed by atoms with E-state index in [1.54, 1.807) is 0 Å². The second kappa shape index (κ2) is 6.35. The highest BCUT2D eigenvalue weighted by Crippen LogP contribution is 2.22. The summed E-state index contributed by atoms with van der Waals surface area (Å²) in [6, 6.07) is 0. The fourth-order valence-electron chi connectivity index (χ4n) is 1.72. The molecule has 1 saturated carbocycles. The van der Waals surface area contributed by atoms with Crippen molar-refractivity contribution in [2.75, 3.05) is 13.2 Å². The Morgan fingerprint density at radius 2 is 1.93 bits per heavy atom. The third-order valence-electron chi connectivity index (χ3n) is 2.49. The Kier molecular flexibility index (Phi) is 5.40. The highest BCUT2D eigenvalue weighted by molar-refractivity contribution is 4.71. The van der Waals surface area contributed by atoms with Crippen LogP contribution in [0.25, 0.3) is 0 Å². The third kappa shape index (κ3) is 3.92. The van der Waals surface area contributed by atoms with Crippen molar-refractivity contribution in [2.45, 2.75) is 51.1 Å². The summed E-state index contributed by atoms with van der Waals surface area (Å²) < 4.78 is 10.7. The molecule has 1 unspecified atom stereocenters. The normalized spacial score (nSPS) is 30.2. The number of hydrogen-bond donors (Lipinski definition) is 2. The summed E-state index contributed by atoms with van der Waals surface area (Å²) >= 11 is 0. The quantitative estimate of drug-likeness (QED) is 0.646. The Labute approximate surface area is 84.8 Å². The monoisotopic (exact) mass is 204 g/mol. The molecular formula is C10H20O4. The second-order valence-electron chi connectivity index (χ2n) is 3.63. The molecule has 1 rings (SSSR count). The van der Waals surface area contributed by atoms with Gasteiger partial charge in [0.15, 0.2) is 6.29 Å². The molecule has 4 heteroatoms. The van der Waals surface area contributed by atoms with Crippen LogP contribution in [-0.2, 0) is 9.47 Å². The van der Waals surface area contributed by atoms with E-state index in [0.29, 0.717) is 6.61 Å². The van der Waals surface area contributed by atoms with Crippen molar-refractivity contribution in [1.29, 1.82) is 0 Å². The highest BCUT2D eigenvalue weighted by atomic mass is 16.7. The zero-order chi connectivity index (χ0) is 10.4. The average molecular weight is 204 g/mol. The van der Waals surface area contributed by atoms with Gasteiger partial charge in [0.1, 0.15) is 0 Å². The van der Waals surface area contributed by atoms with Crippen LogP contribution in [0.5, 0.6) is 0 Å². The molecule has 0 heterocycles. The molecule has 1 atom stereocenters. The largest absolute Gasteiger partial charge is 0.393 e. The third-order valence-corrected chi connectivity index (χ3v) is 2.49. The van der Waals surface area contributed by atoms with Crippen molar-refractivity contribution in [3.63, 3.8) is 0 Å². The summed E-state index contributed by atoms with van der Waals surface area (Å²) in [6.07, 6.45) is 2.73. The number of ether oxygens (including phenoxy) is 2. The molecule has 0 aromatic carbocycles. The summed E-state index contributed by atoms with van der Waals surface area (Å²) in [4.78, 5) is 0. The molecule has 0 saturated heterocycles. The van der Waals surface area contributed by atoms with Gasteiger partial charge in [0.05, 0.1) is 18.8 Å². The smallest absolute Gasteiger partial charge is 0.180 e. The number of aliphatic hydroxyl groups is 2. The van der Waals surface area contributed by atoms with E-state index in [9.17, 15) is 5.11 Å². The fourth-order valence-corrected chi connectivity index (χ4v) is 1.72. The minimum atomic E-state index is -0.500. The highest BCUT2D eigenvalue weighted by Gasteiger charge is 2.22. The zero-order valence-electron chi connectivity index (χ0n) is 8.69. The molecule has 0 aliphatic heterocycles. The van der Waals surface area contributed by atoms with E-state index in [2.05, 4.69) is 0 Å². The van der Waals surface area contributed by atoms with Crippen molar-refractivity contribution in [1.82, 2.24) is 0 Å². The molecule has 1 aliphatic carbocycles. The maximum absolute atomic E-state index is 9.29. The molecule has 0 spiro atoms. The molecule has 0 aromatic rings. The van der Waals surface area contributed by atoms with Crippen molar-refractivity contribution >= 4 is 0 Å². The van der Waals surface area contributed by atoms with Crippen molar-refractivity contribution in [3.8, 4) is 0 Å². The predicted molar refractivity (Wildman–Crippen MR) is 51.8 cm³/mol. The topological polar surface area (TPSA) is 58.9 Å².